The van der Waals surface area contributed by atoms with Crippen LogP contribution < -0.4 is 0 Å². The monoisotopic (exact) mass is 302 g/mol. The average Bonchev–Trinajstić information content (AvgIpc) is 2.71. The first-order valence-electron chi connectivity index (χ1n) is 4.99. The molecule has 2 rings (SSSR count). The van der Waals surface area contributed by atoms with Crippen molar-refractivity contribution >= 4 is 24.2 Å². The first-order chi connectivity index (χ1) is 8.93. The molecule has 0 aliphatic carbocycles. The summed E-state index contributed by atoms with van der Waals surface area (Å²) in [6, 6.07) is 4.52. The van der Waals surface area contributed by atoms with Gasteiger partial charge < -0.3 is 0 Å². The van der Waals surface area contributed by atoms with E-state index in [2.05, 4.69) is 28.9 Å². The Morgan fingerprint density at radius 3 is 2.37 bits per heavy atom. The van der Waals surface area contributed by atoms with Gasteiger partial charge >= 0.3 is 6.18 Å². The summed E-state index contributed by atoms with van der Waals surface area (Å²) in [6.45, 7) is 0. The van der Waals surface area contributed by atoms with Crippen molar-refractivity contribution in [1.82, 2.24) is 9.78 Å². The number of aromatic nitrogens is 2. The summed E-state index contributed by atoms with van der Waals surface area (Å²) in [5, 5.41) is 6.56. The summed E-state index contributed by atoms with van der Waals surface area (Å²) in [7, 11) is 0. The second-order valence-corrected chi connectivity index (χ2v) is 4.12. The predicted molar refractivity (Wildman–Crippen MR) is 69.4 cm³/mol. The summed E-state index contributed by atoms with van der Waals surface area (Å²) in [4.78, 5) is 0. The Morgan fingerprint density at radius 1 is 1.21 bits per heavy atom. The lowest BCUT2D eigenvalue weighted by Crippen LogP contribution is -2.05. The van der Waals surface area contributed by atoms with Gasteiger partial charge in [-0.1, -0.05) is 30.2 Å². The molecule has 0 N–H and O–H groups in total. The predicted octanol–water partition coefficient (Wildman–Crippen LogP) is 3.78. The molecule has 19 heavy (non-hydrogen) atoms. The van der Waals surface area contributed by atoms with Gasteiger partial charge in [0.15, 0.2) is 0 Å². The van der Waals surface area contributed by atoms with E-state index in [1.165, 1.54) is 23.0 Å². The summed E-state index contributed by atoms with van der Waals surface area (Å²) >= 11 is 9.75. The molecule has 0 fully saturated rings. The average molecular weight is 303 g/mol. The molecule has 0 saturated carbocycles. The van der Waals surface area contributed by atoms with Crippen molar-refractivity contribution in [2.24, 2.45) is 0 Å². The van der Waals surface area contributed by atoms with E-state index in [-0.39, 0.29) is 5.15 Å². The van der Waals surface area contributed by atoms with Crippen LogP contribution in [-0.4, -0.2) is 9.78 Å². The van der Waals surface area contributed by atoms with Crippen molar-refractivity contribution in [3.05, 3.63) is 46.7 Å². The fourth-order valence-corrected chi connectivity index (χ4v) is 1.81. The lowest BCUT2D eigenvalue weighted by molar-refractivity contribution is -0.137. The minimum atomic E-state index is -4.37. The first-order valence-corrected chi connectivity index (χ1v) is 5.82. The summed E-state index contributed by atoms with van der Waals surface area (Å²) in [5.74, 6) is 2.62. The molecule has 1 aromatic carbocycles. The maximum absolute atomic E-state index is 12.4. The zero-order valence-corrected chi connectivity index (χ0v) is 10.9. The minimum Gasteiger partial charge on any atom is -0.221 e. The van der Waals surface area contributed by atoms with Gasteiger partial charge in [-0.3, -0.25) is 0 Å². The highest BCUT2D eigenvalue weighted by atomic mass is 35.5. The lowest BCUT2D eigenvalue weighted by atomic mass is 10.2. The third kappa shape index (κ3) is 2.88. The van der Waals surface area contributed by atoms with Gasteiger partial charge in [0, 0.05) is 0 Å². The second-order valence-electron chi connectivity index (χ2n) is 3.54. The second kappa shape index (κ2) is 5.19. The van der Waals surface area contributed by atoms with E-state index < -0.39 is 11.7 Å². The van der Waals surface area contributed by atoms with Gasteiger partial charge in [-0.15, -0.1) is 0 Å². The van der Waals surface area contributed by atoms with Crippen molar-refractivity contribution in [2.45, 2.75) is 6.18 Å². The highest BCUT2D eigenvalue weighted by Gasteiger charge is 2.30. The van der Waals surface area contributed by atoms with Gasteiger partial charge in [-0.25, -0.2) is 4.68 Å². The Hall–Kier alpha value is -1.58. The number of rotatable bonds is 1. The lowest BCUT2D eigenvalue weighted by Gasteiger charge is -2.08. The Bertz CT molecular complexity index is 650. The third-order valence-electron chi connectivity index (χ3n) is 2.34. The molecule has 0 atom stereocenters. The van der Waals surface area contributed by atoms with Crippen LogP contribution in [0.1, 0.15) is 11.1 Å². The van der Waals surface area contributed by atoms with E-state index in [0.717, 1.165) is 12.1 Å². The molecular formula is C12H6ClF3N2S. The molecule has 2 nitrogen and oxygen atoms in total. The number of halogens is 4. The van der Waals surface area contributed by atoms with E-state index in [0.29, 0.717) is 11.3 Å². The van der Waals surface area contributed by atoms with Crippen LogP contribution >= 0.6 is 24.2 Å². The van der Waals surface area contributed by atoms with E-state index >= 15 is 0 Å². The van der Waals surface area contributed by atoms with Crippen LogP contribution in [0.25, 0.3) is 5.69 Å². The highest BCUT2D eigenvalue weighted by Crippen LogP contribution is 2.30. The fourth-order valence-electron chi connectivity index (χ4n) is 1.45. The van der Waals surface area contributed by atoms with Crippen molar-refractivity contribution in [3.8, 4) is 16.9 Å². The van der Waals surface area contributed by atoms with E-state index in [4.69, 9.17) is 11.6 Å². The molecule has 0 unspecified atom stereocenters. The van der Waals surface area contributed by atoms with Crippen molar-refractivity contribution in [1.29, 1.82) is 0 Å². The Kier molecular flexibility index (Phi) is 3.78. The summed E-state index contributed by atoms with van der Waals surface area (Å²) in [5.41, 5.74) is 0.150. The van der Waals surface area contributed by atoms with Crippen molar-refractivity contribution in [2.75, 3.05) is 0 Å². The third-order valence-corrected chi connectivity index (χ3v) is 2.82. The molecule has 1 heterocycles. The minimum absolute atomic E-state index is 0.223. The van der Waals surface area contributed by atoms with Gasteiger partial charge in [-0.05, 0) is 29.5 Å². The Morgan fingerprint density at radius 2 is 1.84 bits per heavy atom. The molecule has 0 saturated heterocycles. The molecule has 0 bridgehead atoms. The van der Waals surface area contributed by atoms with Crippen LogP contribution in [-0.2, 0) is 6.18 Å². The number of nitrogens with zero attached hydrogens (tertiary/aromatic N) is 2. The van der Waals surface area contributed by atoms with Gasteiger partial charge in [0.05, 0.1) is 23.0 Å². The van der Waals surface area contributed by atoms with E-state index in [1.54, 1.807) is 0 Å². The maximum Gasteiger partial charge on any atom is 0.416 e. The molecule has 0 amide bonds. The van der Waals surface area contributed by atoms with Crippen LogP contribution in [0.2, 0.25) is 5.15 Å². The maximum atomic E-state index is 12.4. The fraction of sp³-hybridized carbons (Fsp3) is 0.0833. The topological polar surface area (TPSA) is 17.8 Å². The molecule has 0 aliphatic rings. The van der Waals surface area contributed by atoms with Crippen LogP contribution in [0.15, 0.2) is 30.5 Å². The van der Waals surface area contributed by atoms with Gasteiger partial charge in [0.1, 0.15) is 5.15 Å². The quantitative estimate of drug-likeness (QED) is 0.627. The van der Waals surface area contributed by atoms with Gasteiger partial charge in [0.2, 0.25) is 0 Å². The van der Waals surface area contributed by atoms with Crippen LogP contribution in [0.4, 0.5) is 13.2 Å². The highest BCUT2D eigenvalue weighted by molar-refractivity contribution is 7.85. The Labute approximate surface area is 117 Å². The molecule has 2 aromatic rings. The normalized spacial score (nSPS) is 11.0. The number of thiol groups is 1. The number of alkyl halides is 3. The number of benzene rings is 1. The molecule has 7 heteroatoms. The van der Waals surface area contributed by atoms with Crippen LogP contribution in [0.3, 0.4) is 0 Å². The van der Waals surface area contributed by atoms with Crippen molar-refractivity contribution in [3.63, 3.8) is 0 Å². The standard InChI is InChI=1S/C12H6ClF3N2S/c13-11-8(5-6-19)7-17-18(11)10-3-1-9(2-4-10)12(14,15)16/h1-4,7,19H. The Balaban J connectivity index is 2.40. The SMILES string of the molecule is FC(F)(F)c1ccc(-n2ncc(C#CS)c2Cl)cc1. The molecule has 0 radical (unpaired) electrons. The van der Waals surface area contributed by atoms with Crippen LogP contribution in [0.5, 0.6) is 0 Å². The number of hydrogen-bond donors (Lipinski definition) is 1. The van der Waals surface area contributed by atoms with E-state index in [9.17, 15) is 13.2 Å². The van der Waals surface area contributed by atoms with Crippen LogP contribution in [0, 0.1) is 11.2 Å². The summed E-state index contributed by atoms with van der Waals surface area (Å²) in [6.07, 6.45) is -2.95. The zero-order chi connectivity index (χ0) is 14.0. The molecule has 1 aromatic heterocycles. The molecule has 0 spiro atoms. The zero-order valence-electron chi connectivity index (χ0n) is 9.24. The molecule has 0 aliphatic heterocycles. The molecular weight excluding hydrogens is 297 g/mol. The number of hydrogen-bond acceptors (Lipinski definition) is 2. The van der Waals surface area contributed by atoms with Gasteiger partial charge in [-0.2, -0.15) is 18.3 Å². The largest absolute Gasteiger partial charge is 0.416 e. The smallest absolute Gasteiger partial charge is 0.221 e. The molecule has 98 valence electrons. The van der Waals surface area contributed by atoms with Crippen molar-refractivity contribution < 1.29 is 13.2 Å². The van der Waals surface area contributed by atoms with E-state index in [1.807, 2.05) is 0 Å². The van der Waals surface area contributed by atoms with Gasteiger partial charge in [0.25, 0.3) is 0 Å². The first kappa shape index (κ1) is 13.8. The summed E-state index contributed by atoms with van der Waals surface area (Å²) < 4.78 is 38.6.